The number of hydrogen-bond acceptors (Lipinski definition) is 5. The lowest BCUT2D eigenvalue weighted by atomic mass is 10.2. The maximum Gasteiger partial charge on any atom is 0.251 e. The Bertz CT molecular complexity index is 955. The molecule has 0 radical (unpaired) electrons. The molecule has 114 valence electrons. The number of hydrogen-bond donors (Lipinski definition) is 2. The molecule has 6 nitrogen and oxygen atoms in total. The average molecular weight is 324 g/mol. The predicted octanol–water partition coefficient (Wildman–Crippen LogP) is 3.21. The number of fused-ring (bicyclic) bond motifs is 1. The van der Waals surface area contributed by atoms with Crippen molar-refractivity contribution >= 4 is 28.3 Å². The number of benzene rings is 1. The highest BCUT2D eigenvalue weighted by molar-refractivity contribution is 7.13. The number of H-pyrrole nitrogens is 1. The van der Waals surface area contributed by atoms with Crippen molar-refractivity contribution in [3.05, 3.63) is 59.6 Å². The van der Waals surface area contributed by atoms with E-state index in [-0.39, 0.29) is 5.91 Å². The van der Waals surface area contributed by atoms with Crippen LogP contribution in [-0.2, 0) is 6.54 Å². The number of oxazole rings is 1. The minimum Gasteiger partial charge on any atom is -0.443 e. The van der Waals surface area contributed by atoms with Gasteiger partial charge in [0, 0.05) is 5.56 Å². The van der Waals surface area contributed by atoms with Crippen molar-refractivity contribution in [3.8, 4) is 10.8 Å². The summed E-state index contributed by atoms with van der Waals surface area (Å²) in [7, 11) is 0. The van der Waals surface area contributed by atoms with Crippen LogP contribution in [0.25, 0.3) is 21.8 Å². The molecular weight excluding hydrogens is 312 g/mol. The van der Waals surface area contributed by atoms with Crippen LogP contribution in [0.1, 0.15) is 16.1 Å². The quantitative estimate of drug-likeness (QED) is 0.604. The Labute approximate surface area is 135 Å². The fraction of sp³-hybridized carbons (Fsp3) is 0.0625. The van der Waals surface area contributed by atoms with E-state index in [1.165, 1.54) is 0 Å². The Kier molecular flexibility index (Phi) is 3.39. The van der Waals surface area contributed by atoms with Gasteiger partial charge in [-0.3, -0.25) is 4.79 Å². The van der Waals surface area contributed by atoms with Crippen molar-refractivity contribution in [2.45, 2.75) is 6.54 Å². The Balaban J connectivity index is 1.45. The average Bonchev–Trinajstić information content (AvgIpc) is 3.32. The molecule has 1 aromatic carbocycles. The molecule has 4 aromatic rings. The molecule has 0 aliphatic carbocycles. The molecule has 0 fully saturated rings. The van der Waals surface area contributed by atoms with E-state index in [0.29, 0.717) is 23.7 Å². The molecule has 1 amide bonds. The smallest absolute Gasteiger partial charge is 0.251 e. The van der Waals surface area contributed by atoms with Crippen molar-refractivity contribution in [1.82, 2.24) is 20.3 Å². The Morgan fingerprint density at radius 2 is 2.30 bits per heavy atom. The monoisotopic (exact) mass is 324 g/mol. The van der Waals surface area contributed by atoms with Crippen LogP contribution in [0.2, 0.25) is 0 Å². The minimum absolute atomic E-state index is 0.165. The van der Waals surface area contributed by atoms with E-state index in [1.807, 2.05) is 23.6 Å². The summed E-state index contributed by atoms with van der Waals surface area (Å²) in [5.74, 6) is 0.408. The third kappa shape index (κ3) is 2.74. The van der Waals surface area contributed by atoms with Crippen LogP contribution < -0.4 is 5.32 Å². The van der Waals surface area contributed by atoms with E-state index in [9.17, 15) is 4.79 Å². The Hall–Kier alpha value is -2.93. The summed E-state index contributed by atoms with van der Waals surface area (Å²) >= 11 is 1.56. The number of aromatic nitrogens is 3. The number of nitrogens with zero attached hydrogens (tertiary/aromatic N) is 2. The molecule has 4 rings (SSSR count). The number of thiophene rings is 1. The van der Waals surface area contributed by atoms with E-state index >= 15 is 0 Å². The number of carbonyl (C=O) groups excluding carboxylic acids is 1. The van der Waals surface area contributed by atoms with E-state index in [0.717, 1.165) is 15.9 Å². The predicted molar refractivity (Wildman–Crippen MR) is 87.1 cm³/mol. The van der Waals surface area contributed by atoms with Crippen LogP contribution >= 0.6 is 11.3 Å². The molecule has 3 aromatic heterocycles. The van der Waals surface area contributed by atoms with Gasteiger partial charge in [-0.1, -0.05) is 6.07 Å². The summed E-state index contributed by atoms with van der Waals surface area (Å²) in [6.45, 7) is 0.314. The van der Waals surface area contributed by atoms with Gasteiger partial charge in [0.15, 0.2) is 0 Å². The normalized spacial score (nSPS) is 11.0. The molecule has 23 heavy (non-hydrogen) atoms. The summed E-state index contributed by atoms with van der Waals surface area (Å²) in [5.41, 5.74) is 2.92. The second-order valence-electron chi connectivity index (χ2n) is 4.94. The van der Waals surface area contributed by atoms with Gasteiger partial charge in [-0.15, -0.1) is 11.3 Å². The third-order valence-electron chi connectivity index (χ3n) is 3.40. The topological polar surface area (TPSA) is 83.8 Å². The van der Waals surface area contributed by atoms with Crippen LogP contribution in [0.4, 0.5) is 0 Å². The number of imidazole rings is 1. The summed E-state index contributed by atoms with van der Waals surface area (Å²) < 4.78 is 5.43. The van der Waals surface area contributed by atoms with Gasteiger partial charge >= 0.3 is 0 Å². The molecule has 3 heterocycles. The van der Waals surface area contributed by atoms with E-state index in [2.05, 4.69) is 20.3 Å². The first-order valence-electron chi connectivity index (χ1n) is 6.99. The van der Waals surface area contributed by atoms with Crippen LogP contribution in [0, 0.1) is 0 Å². The summed E-state index contributed by atoms with van der Waals surface area (Å²) in [5, 5.41) is 4.80. The maximum atomic E-state index is 12.2. The van der Waals surface area contributed by atoms with Crippen LogP contribution in [0.3, 0.4) is 0 Å². The molecule has 0 bridgehead atoms. The first-order chi connectivity index (χ1) is 11.3. The van der Waals surface area contributed by atoms with Gasteiger partial charge in [0.1, 0.15) is 6.26 Å². The van der Waals surface area contributed by atoms with E-state index in [1.54, 1.807) is 36.1 Å². The largest absolute Gasteiger partial charge is 0.443 e. The van der Waals surface area contributed by atoms with Gasteiger partial charge in [-0.25, -0.2) is 9.97 Å². The molecule has 0 aliphatic rings. The van der Waals surface area contributed by atoms with Crippen LogP contribution in [-0.4, -0.2) is 20.9 Å². The van der Waals surface area contributed by atoms with Crippen molar-refractivity contribution in [2.24, 2.45) is 0 Å². The molecule has 0 atom stereocenters. The molecule has 7 heteroatoms. The molecular formula is C16H12N4O2S. The summed E-state index contributed by atoms with van der Waals surface area (Å²) in [6.07, 6.45) is 3.17. The number of nitrogens with one attached hydrogen (secondary N) is 2. The maximum absolute atomic E-state index is 12.2. The van der Waals surface area contributed by atoms with Gasteiger partial charge in [0.05, 0.1) is 34.5 Å². The van der Waals surface area contributed by atoms with Gasteiger partial charge in [0.25, 0.3) is 5.91 Å². The highest BCUT2D eigenvalue weighted by Crippen LogP contribution is 2.23. The molecule has 0 saturated heterocycles. The van der Waals surface area contributed by atoms with Crippen molar-refractivity contribution in [2.75, 3.05) is 0 Å². The lowest BCUT2D eigenvalue weighted by Gasteiger charge is -2.02. The lowest BCUT2D eigenvalue weighted by Crippen LogP contribution is -2.22. The standard InChI is InChI=1S/C16H12N4O2S/c21-15(10-3-4-12-13(6-10)19-9-18-12)17-7-11-8-22-16(20-11)14-2-1-5-23-14/h1-6,8-9H,7H2,(H,17,21)(H,18,19). The minimum atomic E-state index is -0.165. The van der Waals surface area contributed by atoms with Gasteiger partial charge < -0.3 is 14.7 Å². The van der Waals surface area contributed by atoms with Crippen LogP contribution in [0.5, 0.6) is 0 Å². The van der Waals surface area contributed by atoms with Gasteiger partial charge in [-0.05, 0) is 29.6 Å². The van der Waals surface area contributed by atoms with Crippen molar-refractivity contribution in [3.63, 3.8) is 0 Å². The number of amides is 1. The molecule has 0 saturated carbocycles. The molecule has 0 aliphatic heterocycles. The molecule has 2 N–H and O–H groups in total. The van der Waals surface area contributed by atoms with Gasteiger partial charge in [0.2, 0.25) is 5.89 Å². The van der Waals surface area contributed by atoms with E-state index in [4.69, 9.17) is 4.42 Å². The molecule has 0 unspecified atom stereocenters. The highest BCUT2D eigenvalue weighted by Gasteiger charge is 2.10. The number of aromatic amines is 1. The SMILES string of the molecule is O=C(NCc1coc(-c2cccs2)n1)c1ccc2nc[nH]c2c1. The van der Waals surface area contributed by atoms with Crippen molar-refractivity contribution in [1.29, 1.82) is 0 Å². The van der Waals surface area contributed by atoms with Crippen LogP contribution in [0.15, 0.2) is 52.7 Å². The zero-order valence-corrected chi connectivity index (χ0v) is 12.8. The highest BCUT2D eigenvalue weighted by atomic mass is 32.1. The number of rotatable bonds is 4. The fourth-order valence-electron chi connectivity index (χ4n) is 2.25. The Morgan fingerprint density at radius 3 is 3.17 bits per heavy atom. The van der Waals surface area contributed by atoms with Gasteiger partial charge in [-0.2, -0.15) is 0 Å². The zero-order chi connectivity index (χ0) is 15.6. The lowest BCUT2D eigenvalue weighted by molar-refractivity contribution is 0.0950. The summed E-state index contributed by atoms with van der Waals surface area (Å²) in [4.78, 5) is 24.7. The number of carbonyl (C=O) groups is 1. The molecule has 0 spiro atoms. The zero-order valence-electron chi connectivity index (χ0n) is 11.9. The Morgan fingerprint density at radius 1 is 1.35 bits per heavy atom. The van der Waals surface area contributed by atoms with E-state index < -0.39 is 0 Å². The third-order valence-corrected chi connectivity index (χ3v) is 4.25. The second-order valence-corrected chi connectivity index (χ2v) is 5.89. The second kappa shape index (κ2) is 5.69. The van der Waals surface area contributed by atoms with Crippen molar-refractivity contribution < 1.29 is 9.21 Å². The fourth-order valence-corrected chi connectivity index (χ4v) is 2.91. The first kappa shape index (κ1) is 13.7. The summed E-state index contributed by atoms with van der Waals surface area (Å²) in [6, 6.07) is 9.22. The first-order valence-corrected chi connectivity index (χ1v) is 7.87.